The van der Waals surface area contributed by atoms with Crippen LogP contribution in [-0.4, -0.2) is 23.3 Å². The van der Waals surface area contributed by atoms with Gasteiger partial charge in [0.2, 0.25) is 0 Å². The summed E-state index contributed by atoms with van der Waals surface area (Å²) in [5.74, 6) is 0. The molecule has 0 saturated heterocycles. The molecule has 16 aromatic carbocycles. The topological polar surface area (TPSA) is 56.4 Å². The molecule has 1 spiro atoms. The number of pyridine rings is 1. The van der Waals surface area contributed by atoms with Crippen LogP contribution in [0.15, 0.2) is 376 Å². The number of rotatable bonds is 9. The van der Waals surface area contributed by atoms with E-state index in [1.54, 1.807) is 0 Å². The molecule has 1 atom stereocenters. The molecule has 0 radical (unpaired) electrons. The number of aromatic nitrogens is 5. The van der Waals surface area contributed by atoms with E-state index in [0.717, 1.165) is 182 Å². The van der Waals surface area contributed by atoms with Crippen LogP contribution in [0.3, 0.4) is 0 Å². The van der Waals surface area contributed by atoms with Crippen molar-refractivity contribution in [1.82, 2.24) is 23.3 Å². The first-order valence-electron chi connectivity index (χ1n) is 37.4. The maximum Gasteiger partial charge on any atom is 0.104 e. The van der Waals surface area contributed by atoms with Gasteiger partial charge in [0.15, 0.2) is 0 Å². The lowest BCUT2D eigenvalue weighted by Gasteiger charge is -2.31. The Labute approximate surface area is 628 Å². The zero-order valence-corrected chi connectivity index (χ0v) is 59.0. The van der Waals surface area contributed by atoms with Gasteiger partial charge in [-0.15, -0.1) is 0 Å². The van der Waals surface area contributed by atoms with Gasteiger partial charge in [0, 0.05) is 66.6 Å². The van der Waals surface area contributed by atoms with Gasteiger partial charge in [-0.3, -0.25) is 4.98 Å². The molecule has 23 rings (SSSR count). The van der Waals surface area contributed by atoms with Gasteiger partial charge in [-0.05, 0) is 168 Å². The predicted octanol–water partition coefficient (Wildman–Crippen LogP) is 26.0. The van der Waals surface area contributed by atoms with Gasteiger partial charge >= 0.3 is 0 Å². The molecule has 0 saturated carbocycles. The molecule has 1 unspecified atom stereocenters. The number of nitriles is 1. The van der Waals surface area contributed by atoms with Gasteiger partial charge in [-0.1, -0.05) is 285 Å². The first-order chi connectivity index (χ1) is 54.1. The Bertz CT molecular complexity index is 7090. The summed E-state index contributed by atoms with van der Waals surface area (Å²) < 4.78 is 10.0. The number of hydrogen-bond donors (Lipinski definition) is 0. The van der Waals surface area contributed by atoms with Crippen LogP contribution in [0.5, 0.6) is 0 Å². The van der Waals surface area contributed by atoms with Crippen molar-refractivity contribution in [3.05, 3.63) is 404 Å². The van der Waals surface area contributed by atoms with E-state index in [1.165, 1.54) is 27.8 Å². The van der Waals surface area contributed by atoms with E-state index in [9.17, 15) is 5.26 Å². The monoisotopic (exact) mass is 1380 g/mol. The van der Waals surface area contributed by atoms with E-state index in [-0.39, 0.29) is 0 Å². The average molecular weight is 1380 g/mol. The van der Waals surface area contributed by atoms with Crippen molar-refractivity contribution >= 4 is 87.2 Å². The highest BCUT2D eigenvalue weighted by atomic mass is 15.1. The summed E-state index contributed by atoms with van der Waals surface area (Å²) in [7, 11) is 0. The minimum Gasteiger partial charge on any atom is -0.306 e. The molecule has 0 aliphatic heterocycles. The van der Waals surface area contributed by atoms with Gasteiger partial charge in [0.25, 0.3) is 0 Å². The molecule has 21 aromatic rings. The van der Waals surface area contributed by atoms with Crippen molar-refractivity contribution in [2.75, 3.05) is 0 Å². The smallest absolute Gasteiger partial charge is 0.104 e. The van der Waals surface area contributed by atoms with Crippen molar-refractivity contribution in [3.63, 3.8) is 0 Å². The zero-order valence-electron chi connectivity index (χ0n) is 59.0. The largest absolute Gasteiger partial charge is 0.306 e. The number of nitrogens with zero attached hydrogens (tertiary/aromatic N) is 6. The van der Waals surface area contributed by atoms with Crippen LogP contribution < -0.4 is 0 Å². The molecule has 109 heavy (non-hydrogen) atoms. The highest BCUT2D eigenvalue weighted by Crippen LogP contribution is 2.65. The first kappa shape index (κ1) is 60.7. The molecule has 2 aliphatic carbocycles. The lowest BCUT2D eigenvalue weighted by Crippen LogP contribution is -2.25. The Hall–Kier alpha value is -14.6. The highest BCUT2D eigenvalue weighted by molar-refractivity contribution is 6.19. The number of hydrogen-bond acceptors (Lipinski definition) is 2. The molecule has 6 heteroatoms. The molecular formula is C103H62N6. The summed E-state index contributed by atoms with van der Waals surface area (Å²) >= 11 is 0. The molecule has 2 aliphatic rings. The third-order valence-electron chi connectivity index (χ3n) is 23.7. The number of para-hydroxylation sites is 4. The van der Waals surface area contributed by atoms with Gasteiger partial charge in [-0.2, -0.15) is 5.26 Å². The molecule has 5 aromatic heterocycles. The molecule has 0 N–H and O–H groups in total. The molecule has 0 fully saturated rings. The lowest BCUT2D eigenvalue weighted by molar-refractivity contribution is 0.792. The fraction of sp³-hybridized carbons (Fsp3) is 0.00971. The summed E-state index contributed by atoms with van der Waals surface area (Å²) in [4.78, 5) is 4.89. The minimum atomic E-state index is -0.761. The lowest BCUT2D eigenvalue weighted by atomic mass is 9.70. The molecule has 0 bridgehead atoms. The van der Waals surface area contributed by atoms with Crippen LogP contribution in [-0.2, 0) is 5.41 Å². The Morgan fingerprint density at radius 2 is 0.541 bits per heavy atom. The van der Waals surface area contributed by atoms with Crippen LogP contribution in [0.2, 0.25) is 0 Å². The third-order valence-corrected chi connectivity index (χ3v) is 23.7. The molecular weight excluding hydrogens is 1320 g/mol. The van der Waals surface area contributed by atoms with Gasteiger partial charge in [0.05, 0.1) is 72.3 Å². The average Bonchev–Trinajstić information content (AvgIpc) is 1.51. The van der Waals surface area contributed by atoms with Crippen LogP contribution in [0.1, 0.15) is 27.8 Å². The van der Waals surface area contributed by atoms with Crippen LogP contribution >= 0.6 is 0 Å². The second kappa shape index (κ2) is 23.4. The normalized spacial score (nSPS) is 13.5. The first-order valence-corrected chi connectivity index (χ1v) is 37.4. The Morgan fingerprint density at radius 3 is 0.945 bits per heavy atom. The fourth-order valence-corrected chi connectivity index (χ4v) is 19.3. The van der Waals surface area contributed by atoms with Crippen molar-refractivity contribution in [3.8, 4) is 107 Å². The number of fused-ring (bicyclic) bond motifs is 22. The Morgan fingerprint density at radius 1 is 0.229 bits per heavy atom. The summed E-state index contributed by atoms with van der Waals surface area (Å²) in [5.41, 5.74) is 31.0. The van der Waals surface area contributed by atoms with Gasteiger partial charge in [0.1, 0.15) is 11.6 Å². The van der Waals surface area contributed by atoms with E-state index in [4.69, 9.17) is 4.98 Å². The van der Waals surface area contributed by atoms with Crippen molar-refractivity contribution in [2.45, 2.75) is 5.41 Å². The van der Waals surface area contributed by atoms with Crippen LogP contribution in [0, 0.1) is 11.3 Å². The SMILES string of the molecule is N#Cc1c(-n2c3ccccc3c3cc(-c4ccccc4)ccc32)c(-n2c3ccccc3c3cc(-c4ccccc4)ccc32)c(-c2cccc3c2-c2ccccc2C32c3ccccc3-c3cnccc32)c(-n2c3ccccc3c3cc(-c4ccccc4)ccc32)c1-n1c2ccccc2c2cc(-c3ccccc3)ccc21. The van der Waals surface area contributed by atoms with Gasteiger partial charge < -0.3 is 18.3 Å². The van der Waals surface area contributed by atoms with Crippen LogP contribution in [0.25, 0.3) is 188 Å². The molecule has 6 nitrogen and oxygen atoms in total. The summed E-state index contributed by atoms with van der Waals surface area (Å²) in [5, 5.41) is 22.5. The Kier molecular flexibility index (Phi) is 13.1. The number of benzene rings is 16. The molecule has 504 valence electrons. The third kappa shape index (κ3) is 8.52. The maximum atomic E-state index is 13.9. The maximum absolute atomic E-state index is 13.9. The second-order valence-electron chi connectivity index (χ2n) is 29.0. The van der Waals surface area contributed by atoms with E-state index in [0.29, 0.717) is 5.56 Å². The van der Waals surface area contributed by atoms with Crippen LogP contribution in [0.4, 0.5) is 0 Å². The van der Waals surface area contributed by atoms with Gasteiger partial charge in [-0.25, -0.2) is 0 Å². The minimum absolute atomic E-state index is 0.493. The van der Waals surface area contributed by atoms with E-state index >= 15 is 0 Å². The van der Waals surface area contributed by atoms with Crippen molar-refractivity contribution in [2.24, 2.45) is 0 Å². The zero-order chi connectivity index (χ0) is 71.6. The second-order valence-corrected chi connectivity index (χ2v) is 29.0. The quantitative estimate of drug-likeness (QED) is 0.145. The van der Waals surface area contributed by atoms with E-state index in [1.807, 2.05) is 6.20 Å². The summed E-state index contributed by atoms with van der Waals surface area (Å²) in [6, 6.07) is 137. The Balaban J connectivity index is 1.01. The predicted molar refractivity (Wildman–Crippen MR) is 450 cm³/mol. The molecule has 0 amide bonds. The fourth-order valence-electron chi connectivity index (χ4n) is 19.3. The summed E-state index contributed by atoms with van der Waals surface area (Å²) in [6.07, 6.45) is 4.05. The standard InChI is InChI=1S/C103H62N6/c104-62-83-99(106-89-44-21-15-35-73(89)79-58-68(48-52-93(79)106)64-26-5-1-6-27-64)101(108-91-46-23-17-37-75(91)81-60-70(50-54-95(81)108)66-30-9-3-10-31-66)98(78-40-25-43-88-97(78)77-39-14-20-42-86(77)103(88)85-41-19-13-34-72(85)84-63-105-57-56-87(84)103)102(109-92-47-24-18-38-76(92)82-61-71(51-55-96(82)109)67-32-11-4-12-33-67)100(83)107-90-45-22-16-36-74(90)80-59-69(49-53-94(80)107)65-28-7-2-8-29-65/h1-61,63H. The molecule has 5 heterocycles. The van der Waals surface area contributed by atoms with Crippen molar-refractivity contribution in [1.29, 1.82) is 5.26 Å². The summed E-state index contributed by atoms with van der Waals surface area (Å²) in [6.45, 7) is 0. The highest BCUT2D eigenvalue weighted by Gasteiger charge is 2.53. The van der Waals surface area contributed by atoms with E-state index < -0.39 is 5.41 Å². The van der Waals surface area contributed by atoms with E-state index in [2.05, 4.69) is 395 Å². The van der Waals surface area contributed by atoms with Crippen molar-refractivity contribution < 1.29 is 0 Å².